The number of aromatic nitrogens is 4. The van der Waals surface area contributed by atoms with Crippen molar-refractivity contribution in [2.75, 3.05) is 11.9 Å². The summed E-state index contributed by atoms with van der Waals surface area (Å²) in [6, 6.07) is 1.87. The van der Waals surface area contributed by atoms with Crippen LogP contribution < -0.4 is 5.32 Å². The maximum absolute atomic E-state index is 11.8. The monoisotopic (exact) mass is 312 g/mol. The molecule has 0 spiro atoms. The number of carbonyl (C=O) groups is 1. The van der Waals surface area contributed by atoms with Crippen molar-refractivity contribution >= 4 is 17.7 Å². The average molecular weight is 312 g/mol. The molecule has 1 aliphatic rings. The zero-order chi connectivity index (χ0) is 16.4. The number of nitrogens with one attached hydrogen (secondary N) is 1. The summed E-state index contributed by atoms with van der Waals surface area (Å²) in [6.07, 6.45) is 5.14. The lowest BCUT2D eigenvalue weighted by Gasteiger charge is -2.24. The van der Waals surface area contributed by atoms with Crippen LogP contribution in [-0.2, 0) is 4.79 Å². The number of likely N-dealkylation sites (tertiary alicyclic amines) is 1. The Balaban J connectivity index is 1.93. The van der Waals surface area contributed by atoms with Gasteiger partial charge in [0, 0.05) is 37.3 Å². The van der Waals surface area contributed by atoms with Gasteiger partial charge in [-0.2, -0.15) is 0 Å². The third-order valence-corrected chi connectivity index (χ3v) is 3.91. The molecule has 2 aromatic rings. The Hall–Kier alpha value is -2.57. The highest BCUT2D eigenvalue weighted by atomic mass is 16.2. The quantitative estimate of drug-likeness (QED) is 0.936. The van der Waals surface area contributed by atoms with Crippen molar-refractivity contribution < 1.29 is 4.79 Å². The second-order valence-corrected chi connectivity index (χ2v) is 5.76. The normalized spacial score (nSPS) is 17.3. The predicted octanol–water partition coefficient (Wildman–Crippen LogP) is 2.31. The standard InChI is InChI=1S/C16H20N6O/c1-10-9-11(2)20-16(19-10)21-15-14(17-6-7-18-15)13-5-4-8-22(13)12(3)23/h6-7,9,13H,4-5,8H2,1-3H3,(H,18,19,20,21)/t13-/m0/s1. The molecule has 3 heterocycles. The number of aryl methyl sites for hydroxylation is 2. The van der Waals surface area contributed by atoms with Crippen LogP contribution >= 0.6 is 0 Å². The molecule has 120 valence electrons. The van der Waals surface area contributed by atoms with Gasteiger partial charge < -0.3 is 10.2 Å². The second kappa shape index (κ2) is 6.28. The zero-order valence-electron chi connectivity index (χ0n) is 13.6. The molecular formula is C16H20N6O. The van der Waals surface area contributed by atoms with Gasteiger partial charge in [-0.3, -0.25) is 9.78 Å². The number of hydrogen-bond donors (Lipinski definition) is 1. The van der Waals surface area contributed by atoms with Crippen molar-refractivity contribution in [3.63, 3.8) is 0 Å². The number of hydrogen-bond acceptors (Lipinski definition) is 6. The first-order valence-electron chi connectivity index (χ1n) is 7.72. The van der Waals surface area contributed by atoms with Crippen LogP contribution in [0.3, 0.4) is 0 Å². The SMILES string of the molecule is CC(=O)N1CCC[C@H]1c1nccnc1Nc1nc(C)cc(C)n1. The van der Waals surface area contributed by atoms with E-state index in [4.69, 9.17) is 0 Å². The Morgan fingerprint density at radius 2 is 1.91 bits per heavy atom. The van der Waals surface area contributed by atoms with E-state index in [1.165, 1.54) is 0 Å². The molecule has 1 fully saturated rings. The molecule has 1 atom stereocenters. The molecule has 0 aliphatic carbocycles. The topological polar surface area (TPSA) is 83.9 Å². The summed E-state index contributed by atoms with van der Waals surface area (Å²) in [4.78, 5) is 31.3. The number of carbonyl (C=O) groups excluding carboxylic acids is 1. The van der Waals surface area contributed by atoms with Crippen molar-refractivity contribution in [3.8, 4) is 0 Å². The van der Waals surface area contributed by atoms with Gasteiger partial charge >= 0.3 is 0 Å². The molecule has 1 amide bonds. The largest absolute Gasteiger partial charge is 0.334 e. The zero-order valence-corrected chi connectivity index (χ0v) is 13.6. The molecule has 1 saturated heterocycles. The maximum Gasteiger partial charge on any atom is 0.228 e. The Morgan fingerprint density at radius 1 is 1.22 bits per heavy atom. The van der Waals surface area contributed by atoms with Crippen molar-refractivity contribution in [2.45, 2.75) is 39.7 Å². The van der Waals surface area contributed by atoms with E-state index in [0.717, 1.165) is 36.5 Å². The average Bonchev–Trinajstić information content (AvgIpc) is 2.96. The first-order valence-corrected chi connectivity index (χ1v) is 7.72. The molecule has 0 unspecified atom stereocenters. The Bertz CT molecular complexity index is 712. The maximum atomic E-state index is 11.8. The van der Waals surface area contributed by atoms with Gasteiger partial charge in [0.25, 0.3) is 0 Å². The summed E-state index contributed by atoms with van der Waals surface area (Å²) in [7, 11) is 0. The molecule has 0 radical (unpaired) electrons. The minimum atomic E-state index is -0.0467. The smallest absolute Gasteiger partial charge is 0.228 e. The molecule has 0 bridgehead atoms. The van der Waals surface area contributed by atoms with E-state index in [2.05, 4.69) is 25.3 Å². The van der Waals surface area contributed by atoms with Gasteiger partial charge in [-0.25, -0.2) is 15.0 Å². The molecule has 1 N–H and O–H groups in total. The van der Waals surface area contributed by atoms with E-state index in [1.54, 1.807) is 19.3 Å². The highest BCUT2D eigenvalue weighted by Crippen LogP contribution is 2.34. The van der Waals surface area contributed by atoms with Crippen molar-refractivity contribution in [1.82, 2.24) is 24.8 Å². The fraction of sp³-hybridized carbons (Fsp3) is 0.438. The van der Waals surface area contributed by atoms with E-state index in [1.807, 2.05) is 24.8 Å². The lowest BCUT2D eigenvalue weighted by molar-refractivity contribution is -0.129. The van der Waals surface area contributed by atoms with Gasteiger partial charge in [-0.05, 0) is 32.8 Å². The molecule has 2 aromatic heterocycles. The van der Waals surface area contributed by atoms with Crippen molar-refractivity contribution in [2.24, 2.45) is 0 Å². The van der Waals surface area contributed by atoms with Crippen LogP contribution in [0.15, 0.2) is 18.5 Å². The molecule has 1 aliphatic heterocycles. The van der Waals surface area contributed by atoms with Crippen LogP contribution in [-0.4, -0.2) is 37.3 Å². The van der Waals surface area contributed by atoms with E-state index in [0.29, 0.717) is 11.8 Å². The van der Waals surface area contributed by atoms with E-state index < -0.39 is 0 Å². The number of anilines is 2. The predicted molar refractivity (Wildman–Crippen MR) is 86.2 cm³/mol. The summed E-state index contributed by atoms with van der Waals surface area (Å²) >= 11 is 0. The van der Waals surface area contributed by atoms with Gasteiger partial charge in [-0.15, -0.1) is 0 Å². The lowest BCUT2D eigenvalue weighted by Crippen LogP contribution is -2.29. The van der Waals surface area contributed by atoms with Crippen LogP contribution in [0.4, 0.5) is 11.8 Å². The van der Waals surface area contributed by atoms with Crippen LogP contribution in [0.1, 0.15) is 42.9 Å². The minimum absolute atomic E-state index is 0.0467. The minimum Gasteiger partial charge on any atom is -0.334 e. The molecule has 3 rings (SSSR count). The highest BCUT2D eigenvalue weighted by molar-refractivity contribution is 5.74. The van der Waals surface area contributed by atoms with Gasteiger partial charge in [0.1, 0.15) is 5.69 Å². The first-order chi connectivity index (χ1) is 11.0. The van der Waals surface area contributed by atoms with E-state index in [-0.39, 0.29) is 11.9 Å². The first kappa shape index (κ1) is 15.3. The molecule has 23 heavy (non-hydrogen) atoms. The molecule has 7 nitrogen and oxygen atoms in total. The van der Waals surface area contributed by atoms with Crippen molar-refractivity contribution in [1.29, 1.82) is 0 Å². The van der Waals surface area contributed by atoms with E-state index >= 15 is 0 Å². The van der Waals surface area contributed by atoms with Gasteiger partial charge in [0.05, 0.1) is 6.04 Å². The van der Waals surface area contributed by atoms with Crippen LogP contribution in [0.25, 0.3) is 0 Å². The third kappa shape index (κ3) is 3.28. The molecular weight excluding hydrogens is 292 g/mol. The van der Waals surface area contributed by atoms with Gasteiger partial charge in [-0.1, -0.05) is 0 Å². The summed E-state index contributed by atoms with van der Waals surface area (Å²) in [6.45, 7) is 6.20. The van der Waals surface area contributed by atoms with Crippen LogP contribution in [0.5, 0.6) is 0 Å². The Kier molecular flexibility index (Phi) is 4.18. The molecule has 7 heteroatoms. The lowest BCUT2D eigenvalue weighted by atomic mass is 10.1. The fourth-order valence-electron chi connectivity index (χ4n) is 3.00. The van der Waals surface area contributed by atoms with Crippen LogP contribution in [0, 0.1) is 13.8 Å². The summed E-state index contributed by atoms with van der Waals surface area (Å²) in [5.74, 6) is 1.17. The van der Waals surface area contributed by atoms with Gasteiger partial charge in [0.15, 0.2) is 5.82 Å². The summed E-state index contributed by atoms with van der Waals surface area (Å²) in [5, 5.41) is 3.16. The fourth-order valence-corrected chi connectivity index (χ4v) is 3.00. The Morgan fingerprint density at radius 3 is 2.61 bits per heavy atom. The summed E-state index contributed by atoms with van der Waals surface area (Å²) < 4.78 is 0. The number of rotatable bonds is 3. The summed E-state index contributed by atoms with van der Waals surface area (Å²) in [5.41, 5.74) is 2.54. The highest BCUT2D eigenvalue weighted by Gasteiger charge is 2.31. The Labute approximate surface area is 135 Å². The van der Waals surface area contributed by atoms with Crippen molar-refractivity contribution in [3.05, 3.63) is 35.5 Å². The number of amides is 1. The number of nitrogens with zero attached hydrogens (tertiary/aromatic N) is 5. The molecule has 0 aromatic carbocycles. The van der Waals surface area contributed by atoms with E-state index in [9.17, 15) is 4.79 Å². The molecule has 0 saturated carbocycles. The van der Waals surface area contributed by atoms with Gasteiger partial charge in [0.2, 0.25) is 11.9 Å². The van der Waals surface area contributed by atoms with Crippen LogP contribution in [0.2, 0.25) is 0 Å². The third-order valence-electron chi connectivity index (χ3n) is 3.91. The second-order valence-electron chi connectivity index (χ2n) is 5.76.